The van der Waals surface area contributed by atoms with Crippen molar-refractivity contribution in [2.24, 2.45) is 0 Å². The highest BCUT2D eigenvalue weighted by atomic mass is 35.5. The van der Waals surface area contributed by atoms with Crippen LogP contribution in [0, 0.1) is 5.82 Å². The minimum atomic E-state index is -4.44. The Balaban J connectivity index is 1.96. The Morgan fingerprint density at radius 3 is 2.33 bits per heavy atom. The molecule has 1 heterocycles. The second-order valence-corrected chi connectivity index (χ2v) is 8.88. The van der Waals surface area contributed by atoms with E-state index in [9.17, 15) is 17.8 Å². The number of halogens is 2. The number of hydrogen-bond acceptors (Lipinski definition) is 5. The zero-order valence-electron chi connectivity index (χ0n) is 17.4. The molecule has 0 saturated heterocycles. The van der Waals surface area contributed by atoms with Crippen LogP contribution in [0.15, 0.2) is 70.4 Å². The molecule has 0 aliphatic heterocycles. The summed E-state index contributed by atoms with van der Waals surface area (Å²) >= 11 is 6.06. The van der Waals surface area contributed by atoms with Crippen LogP contribution in [0.1, 0.15) is 0 Å². The summed E-state index contributed by atoms with van der Waals surface area (Å²) in [6, 6.07) is 13.8. The van der Waals surface area contributed by atoms with E-state index < -0.39 is 21.5 Å². The summed E-state index contributed by atoms with van der Waals surface area (Å²) in [4.78, 5) is 12.4. The van der Waals surface area contributed by atoms with Gasteiger partial charge in [0.2, 0.25) is 0 Å². The number of pyridine rings is 1. The second kappa shape index (κ2) is 8.51. The summed E-state index contributed by atoms with van der Waals surface area (Å²) in [7, 11) is -1.60. The van der Waals surface area contributed by atoms with Crippen LogP contribution in [0.25, 0.3) is 27.7 Å². The topological polar surface area (TPSA) is 94.8 Å². The smallest absolute Gasteiger partial charge is 0.294 e. The van der Waals surface area contributed by atoms with E-state index in [4.69, 9.17) is 21.1 Å². The fourth-order valence-corrected chi connectivity index (χ4v) is 4.27. The van der Waals surface area contributed by atoms with Crippen LogP contribution in [0.5, 0.6) is 11.5 Å². The lowest BCUT2D eigenvalue weighted by atomic mass is 10.0. The summed E-state index contributed by atoms with van der Waals surface area (Å²) in [5, 5.41) is 0.718. The number of fused-ring (bicyclic) bond motifs is 1. The molecule has 0 fully saturated rings. The molecule has 7 nitrogen and oxygen atoms in total. The average molecular weight is 490 g/mol. The summed E-state index contributed by atoms with van der Waals surface area (Å²) in [5.74, 6) is -0.0565. The fourth-order valence-electron chi connectivity index (χ4n) is 3.56. The van der Waals surface area contributed by atoms with Gasteiger partial charge in [-0.1, -0.05) is 17.7 Å². The van der Waals surface area contributed by atoms with Crippen LogP contribution in [-0.2, 0) is 10.1 Å². The van der Waals surface area contributed by atoms with Crippen molar-refractivity contribution >= 4 is 32.6 Å². The van der Waals surface area contributed by atoms with E-state index in [1.165, 1.54) is 49.1 Å². The third-order valence-corrected chi connectivity index (χ3v) is 6.30. The van der Waals surface area contributed by atoms with Crippen LogP contribution < -0.4 is 15.0 Å². The van der Waals surface area contributed by atoms with Crippen LogP contribution in [0.4, 0.5) is 4.39 Å². The number of hydrogen-bond donors (Lipinski definition) is 1. The average Bonchev–Trinajstić information content (AvgIpc) is 2.78. The quantitative estimate of drug-likeness (QED) is 0.408. The van der Waals surface area contributed by atoms with Crippen molar-refractivity contribution in [2.45, 2.75) is 4.90 Å². The van der Waals surface area contributed by atoms with Gasteiger partial charge in [-0.2, -0.15) is 8.42 Å². The number of benzene rings is 3. The van der Waals surface area contributed by atoms with Crippen molar-refractivity contribution < 1.29 is 26.8 Å². The van der Waals surface area contributed by atoms with Gasteiger partial charge in [0.05, 0.1) is 35.3 Å². The van der Waals surface area contributed by atoms with E-state index in [1.807, 2.05) is 0 Å². The largest absolute Gasteiger partial charge is 0.495 e. The Labute approximate surface area is 193 Å². The van der Waals surface area contributed by atoms with E-state index >= 15 is 4.39 Å². The standard InChI is InChI=1S/C23H17ClFNO6S/c1-31-21-10-13(3-6-17(21)24)16-11-22(32-2)20(12-18(16)25)26-19-7-5-15(33(28,29)30)9-14(19)4-8-23(26)27/h3-12H,1-2H3,(H,28,29,30). The molecule has 10 heteroatoms. The first-order valence-corrected chi connectivity index (χ1v) is 11.3. The molecule has 33 heavy (non-hydrogen) atoms. The fraction of sp³-hybridized carbons (Fsp3) is 0.0870. The van der Waals surface area contributed by atoms with Gasteiger partial charge >= 0.3 is 0 Å². The third-order valence-electron chi connectivity index (χ3n) is 5.14. The summed E-state index contributed by atoms with van der Waals surface area (Å²) in [6.45, 7) is 0. The van der Waals surface area contributed by atoms with Gasteiger partial charge in [0.15, 0.2) is 0 Å². The van der Waals surface area contributed by atoms with Gasteiger partial charge in [0, 0.05) is 23.1 Å². The molecular weight excluding hydrogens is 473 g/mol. The molecule has 0 radical (unpaired) electrons. The van der Waals surface area contributed by atoms with Crippen molar-refractivity contribution in [3.8, 4) is 28.3 Å². The molecule has 0 atom stereocenters. The minimum Gasteiger partial charge on any atom is -0.495 e. The van der Waals surface area contributed by atoms with Crippen molar-refractivity contribution in [1.82, 2.24) is 4.57 Å². The molecular formula is C23H17ClFNO6S. The molecule has 0 spiro atoms. The second-order valence-electron chi connectivity index (χ2n) is 7.06. The van der Waals surface area contributed by atoms with E-state index in [-0.39, 0.29) is 21.9 Å². The first-order valence-electron chi connectivity index (χ1n) is 9.49. The number of nitrogens with zero attached hydrogens (tertiary/aromatic N) is 1. The van der Waals surface area contributed by atoms with Crippen LogP contribution in [-0.4, -0.2) is 31.8 Å². The maximum atomic E-state index is 15.3. The lowest BCUT2D eigenvalue weighted by molar-refractivity contribution is 0.411. The maximum Gasteiger partial charge on any atom is 0.294 e. The van der Waals surface area contributed by atoms with Gasteiger partial charge < -0.3 is 9.47 Å². The van der Waals surface area contributed by atoms with E-state index in [1.54, 1.807) is 18.2 Å². The molecule has 4 rings (SSSR count). The van der Waals surface area contributed by atoms with E-state index in [0.29, 0.717) is 27.2 Å². The number of methoxy groups -OCH3 is 2. The molecule has 0 aliphatic rings. The highest BCUT2D eigenvalue weighted by Crippen LogP contribution is 2.36. The first-order chi connectivity index (χ1) is 15.6. The highest BCUT2D eigenvalue weighted by Gasteiger charge is 2.18. The SMILES string of the molecule is COc1cc(-c2cc(OC)c(-n3c(=O)ccc4cc(S(=O)(=O)O)ccc43)cc2F)ccc1Cl. The Bertz CT molecular complexity index is 1570. The Morgan fingerprint density at radius 1 is 0.939 bits per heavy atom. The molecule has 1 N–H and O–H groups in total. The highest BCUT2D eigenvalue weighted by molar-refractivity contribution is 7.85. The van der Waals surface area contributed by atoms with Crippen molar-refractivity contribution in [1.29, 1.82) is 0 Å². The zero-order chi connectivity index (χ0) is 23.9. The van der Waals surface area contributed by atoms with Gasteiger partial charge in [0.1, 0.15) is 17.3 Å². The van der Waals surface area contributed by atoms with Crippen molar-refractivity contribution in [3.63, 3.8) is 0 Å². The predicted octanol–water partition coefficient (Wildman–Crippen LogP) is 4.71. The summed E-state index contributed by atoms with van der Waals surface area (Å²) < 4.78 is 59.4. The van der Waals surface area contributed by atoms with Gasteiger partial charge in [-0.15, -0.1) is 0 Å². The Hall–Kier alpha value is -3.40. The predicted molar refractivity (Wildman–Crippen MR) is 123 cm³/mol. The van der Waals surface area contributed by atoms with Gasteiger partial charge in [-0.3, -0.25) is 13.9 Å². The molecule has 0 unspecified atom stereocenters. The maximum absolute atomic E-state index is 15.3. The van der Waals surface area contributed by atoms with E-state index in [2.05, 4.69) is 0 Å². The summed E-state index contributed by atoms with van der Waals surface area (Å²) in [6.07, 6.45) is 0. The summed E-state index contributed by atoms with van der Waals surface area (Å²) in [5.41, 5.74) is 0.623. The molecule has 1 aromatic heterocycles. The Morgan fingerprint density at radius 2 is 1.67 bits per heavy atom. The molecule has 0 aliphatic carbocycles. The first kappa shape index (κ1) is 22.8. The van der Waals surface area contributed by atoms with Gasteiger partial charge in [0.25, 0.3) is 15.7 Å². The molecule has 0 saturated carbocycles. The van der Waals surface area contributed by atoms with Crippen molar-refractivity contribution in [3.05, 3.63) is 81.9 Å². The normalized spacial score (nSPS) is 11.5. The van der Waals surface area contributed by atoms with Gasteiger partial charge in [-0.05, 0) is 48.0 Å². The molecule has 4 aromatic rings. The lowest BCUT2D eigenvalue weighted by Crippen LogP contribution is -2.18. The minimum absolute atomic E-state index is 0.120. The zero-order valence-corrected chi connectivity index (χ0v) is 18.9. The molecule has 0 amide bonds. The number of aromatic nitrogens is 1. The molecule has 3 aromatic carbocycles. The lowest BCUT2D eigenvalue weighted by Gasteiger charge is -2.16. The molecule has 170 valence electrons. The van der Waals surface area contributed by atoms with Crippen LogP contribution >= 0.6 is 11.6 Å². The molecule has 0 bridgehead atoms. The van der Waals surface area contributed by atoms with Gasteiger partial charge in [-0.25, -0.2) is 4.39 Å². The van der Waals surface area contributed by atoms with Crippen LogP contribution in [0.2, 0.25) is 5.02 Å². The Kier molecular flexibility index (Phi) is 5.87. The monoisotopic (exact) mass is 489 g/mol. The van der Waals surface area contributed by atoms with E-state index in [0.717, 1.165) is 12.1 Å². The van der Waals surface area contributed by atoms with Crippen molar-refractivity contribution in [2.75, 3.05) is 14.2 Å². The number of ether oxygens (including phenoxy) is 2. The third kappa shape index (κ3) is 4.18. The number of rotatable bonds is 5. The van der Waals surface area contributed by atoms with Crippen LogP contribution in [0.3, 0.4) is 0 Å².